The minimum absolute atomic E-state index is 0.0994. The molecule has 0 aromatic rings. The SMILES string of the molecule is C=CC1COC(C(CC(C)(C)OCCC(C)(C)OCCC)C(C)(C)OCCC(C)(C)O)C1. The second kappa shape index (κ2) is 12.3. The van der Waals surface area contributed by atoms with E-state index < -0.39 is 11.2 Å². The topological polar surface area (TPSA) is 57.2 Å². The summed E-state index contributed by atoms with van der Waals surface area (Å²) in [5.41, 5.74) is -1.65. The first-order valence-corrected chi connectivity index (χ1v) is 12.5. The first-order chi connectivity index (χ1) is 14.6. The van der Waals surface area contributed by atoms with E-state index >= 15 is 0 Å². The van der Waals surface area contributed by atoms with Gasteiger partial charge in [-0.05, 0) is 87.5 Å². The Labute approximate surface area is 198 Å². The zero-order chi connectivity index (χ0) is 24.6. The lowest BCUT2D eigenvalue weighted by Gasteiger charge is -2.42. The van der Waals surface area contributed by atoms with Crippen LogP contribution in [0.4, 0.5) is 0 Å². The maximum atomic E-state index is 10.1. The third kappa shape index (κ3) is 11.1. The van der Waals surface area contributed by atoms with Crippen molar-refractivity contribution in [1.82, 2.24) is 0 Å². The molecule has 0 spiro atoms. The molecule has 0 aromatic heterocycles. The van der Waals surface area contributed by atoms with Crippen LogP contribution in [-0.2, 0) is 18.9 Å². The van der Waals surface area contributed by atoms with Crippen molar-refractivity contribution in [2.75, 3.05) is 26.4 Å². The Morgan fingerprint density at radius 2 is 1.53 bits per heavy atom. The molecule has 5 nitrogen and oxygen atoms in total. The number of aliphatic hydroxyl groups is 1. The fraction of sp³-hybridized carbons (Fsp3) is 0.926. The predicted molar refractivity (Wildman–Crippen MR) is 132 cm³/mol. The van der Waals surface area contributed by atoms with E-state index in [9.17, 15) is 5.11 Å². The Bertz CT molecular complexity index is 547. The molecule has 1 heterocycles. The van der Waals surface area contributed by atoms with Gasteiger partial charge >= 0.3 is 0 Å². The van der Waals surface area contributed by atoms with Gasteiger partial charge in [-0.3, -0.25) is 0 Å². The summed E-state index contributed by atoms with van der Waals surface area (Å²) < 4.78 is 24.9. The van der Waals surface area contributed by atoms with Crippen LogP contribution in [0.25, 0.3) is 0 Å². The Morgan fingerprint density at radius 3 is 2.06 bits per heavy atom. The number of rotatable bonds is 16. The summed E-state index contributed by atoms with van der Waals surface area (Å²) in [5, 5.41) is 10.1. The Kier molecular flexibility index (Phi) is 11.4. The summed E-state index contributed by atoms with van der Waals surface area (Å²) in [5.74, 6) is 0.545. The summed E-state index contributed by atoms with van der Waals surface area (Å²) >= 11 is 0. The van der Waals surface area contributed by atoms with Gasteiger partial charge < -0.3 is 24.1 Å². The normalized spacial score (nSPS) is 21.7. The maximum Gasteiger partial charge on any atom is 0.0680 e. The van der Waals surface area contributed by atoms with Gasteiger partial charge in [0.05, 0.1) is 48.3 Å². The summed E-state index contributed by atoms with van der Waals surface area (Å²) in [7, 11) is 0. The van der Waals surface area contributed by atoms with Gasteiger partial charge in [0.1, 0.15) is 0 Å². The smallest absolute Gasteiger partial charge is 0.0680 e. The monoisotopic (exact) mass is 456 g/mol. The lowest BCUT2D eigenvalue weighted by atomic mass is 9.77. The van der Waals surface area contributed by atoms with Crippen molar-refractivity contribution in [2.24, 2.45) is 11.8 Å². The highest BCUT2D eigenvalue weighted by atomic mass is 16.5. The van der Waals surface area contributed by atoms with Gasteiger partial charge in [0.15, 0.2) is 0 Å². The number of hydrogen-bond acceptors (Lipinski definition) is 5. The summed E-state index contributed by atoms with van der Waals surface area (Å²) in [6.07, 6.45) is 6.35. The molecule has 0 aromatic carbocycles. The highest BCUT2D eigenvalue weighted by molar-refractivity contribution is 4.96. The molecular weight excluding hydrogens is 404 g/mol. The average molecular weight is 457 g/mol. The van der Waals surface area contributed by atoms with Crippen molar-refractivity contribution in [2.45, 2.75) is 123 Å². The Morgan fingerprint density at radius 1 is 0.938 bits per heavy atom. The first kappa shape index (κ1) is 29.6. The van der Waals surface area contributed by atoms with Crippen molar-refractivity contribution in [3.8, 4) is 0 Å². The van der Waals surface area contributed by atoms with Gasteiger partial charge in [-0.1, -0.05) is 13.0 Å². The van der Waals surface area contributed by atoms with Crippen molar-refractivity contribution >= 4 is 0 Å². The zero-order valence-corrected chi connectivity index (χ0v) is 22.5. The third-order valence-electron chi connectivity index (χ3n) is 6.53. The summed E-state index contributed by atoms with van der Waals surface area (Å²) in [6, 6.07) is 0. The quantitative estimate of drug-likeness (QED) is 0.292. The standard InChI is InChI=1S/C27H52O5/c1-11-15-30-25(5,6)14-17-31-26(7,8)19-22(23-18-21(12-2)20-29-23)27(9,10)32-16-13-24(3,4)28/h12,21-23,28H,2,11,13-20H2,1,3-10H3. The van der Waals surface area contributed by atoms with Gasteiger partial charge in [0.25, 0.3) is 0 Å². The summed E-state index contributed by atoms with van der Waals surface area (Å²) in [6.45, 7) is 25.2. The van der Waals surface area contributed by atoms with E-state index in [2.05, 4.69) is 55.0 Å². The second-order valence-electron chi connectivity index (χ2n) is 11.9. The van der Waals surface area contributed by atoms with Gasteiger partial charge in [-0.15, -0.1) is 6.58 Å². The zero-order valence-electron chi connectivity index (χ0n) is 22.5. The highest BCUT2D eigenvalue weighted by Crippen LogP contribution is 2.40. The maximum absolute atomic E-state index is 10.1. The fourth-order valence-corrected chi connectivity index (χ4v) is 4.23. The molecule has 0 amide bonds. The van der Waals surface area contributed by atoms with E-state index in [0.29, 0.717) is 32.2 Å². The van der Waals surface area contributed by atoms with Crippen molar-refractivity contribution in [3.63, 3.8) is 0 Å². The van der Waals surface area contributed by atoms with E-state index in [1.54, 1.807) is 0 Å². The van der Waals surface area contributed by atoms with Gasteiger partial charge in [0, 0.05) is 18.4 Å². The third-order valence-corrected chi connectivity index (χ3v) is 6.53. The highest BCUT2D eigenvalue weighted by Gasteiger charge is 2.44. The molecule has 3 unspecified atom stereocenters. The molecule has 1 N–H and O–H groups in total. The lowest BCUT2D eigenvalue weighted by Crippen LogP contribution is -2.46. The van der Waals surface area contributed by atoms with Crippen LogP contribution in [0, 0.1) is 11.8 Å². The first-order valence-electron chi connectivity index (χ1n) is 12.5. The van der Waals surface area contributed by atoms with Gasteiger partial charge in [-0.25, -0.2) is 0 Å². The van der Waals surface area contributed by atoms with Crippen LogP contribution in [0.3, 0.4) is 0 Å². The largest absolute Gasteiger partial charge is 0.390 e. The van der Waals surface area contributed by atoms with Crippen LogP contribution < -0.4 is 0 Å². The molecular formula is C27H52O5. The molecule has 0 aliphatic carbocycles. The van der Waals surface area contributed by atoms with Gasteiger partial charge in [-0.2, -0.15) is 0 Å². The molecule has 1 rings (SSSR count). The van der Waals surface area contributed by atoms with Crippen LogP contribution in [0.15, 0.2) is 12.7 Å². The minimum atomic E-state index is -0.738. The molecule has 0 bridgehead atoms. The molecule has 0 saturated carbocycles. The van der Waals surface area contributed by atoms with Crippen LogP contribution >= 0.6 is 0 Å². The summed E-state index contributed by atoms with van der Waals surface area (Å²) in [4.78, 5) is 0. The molecule has 1 aliphatic heterocycles. The van der Waals surface area contributed by atoms with E-state index in [-0.39, 0.29) is 23.2 Å². The van der Waals surface area contributed by atoms with Crippen molar-refractivity contribution in [3.05, 3.63) is 12.7 Å². The van der Waals surface area contributed by atoms with Crippen LogP contribution in [0.1, 0.15) is 94.4 Å². The van der Waals surface area contributed by atoms with Crippen LogP contribution in [0.5, 0.6) is 0 Å². The molecule has 5 heteroatoms. The minimum Gasteiger partial charge on any atom is -0.390 e. The van der Waals surface area contributed by atoms with Crippen LogP contribution in [0.2, 0.25) is 0 Å². The van der Waals surface area contributed by atoms with Gasteiger partial charge in [0.2, 0.25) is 0 Å². The van der Waals surface area contributed by atoms with Crippen molar-refractivity contribution < 1.29 is 24.1 Å². The molecule has 32 heavy (non-hydrogen) atoms. The molecule has 190 valence electrons. The van der Waals surface area contributed by atoms with Crippen LogP contribution in [-0.4, -0.2) is 60.0 Å². The van der Waals surface area contributed by atoms with E-state index in [1.807, 2.05) is 19.9 Å². The molecule has 1 aliphatic rings. The number of hydrogen-bond donors (Lipinski definition) is 1. The Hall–Kier alpha value is -0.460. The van der Waals surface area contributed by atoms with E-state index in [0.717, 1.165) is 32.3 Å². The Balaban J connectivity index is 2.82. The molecule has 1 fully saturated rings. The number of ether oxygens (including phenoxy) is 4. The molecule has 3 atom stereocenters. The van der Waals surface area contributed by atoms with E-state index in [1.165, 1.54) is 0 Å². The lowest BCUT2D eigenvalue weighted by molar-refractivity contribution is -0.142. The average Bonchev–Trinajstić information content (AvgIpc) is 3.11. The second-order valence-corrected chi connectivity index (χ2v) is 11.9. The van der Waals surface area contributed by atoms with E-state index in [4.69, 9.17) is 18.9 Å². The molecule has 1 saturated heterocycles. The van der Waals surface area contributed by atoms with Crippen molar-refractivity contribution in [1.29, 1.82) is 0 Å². The fourth-order valence-electron chi connectivity index (χ4n) is 4.23. The predicted octanol–water partition coefficient (Wildman–Crippen LogP) is 5.93. The molecule has 0 radical (unpaired) electrons.